The molecule has 1 aromatic carbocycles. The Kier molecular flexibility index (Phi) is 3.17. The van der Waals surface area contributed by atoms with Crippen LogP contribution in [0.5, 0.6) is 5.75 Å². The fourth-order valence-corrected chi connectivity index (χ4v) is 3.32. The van der Waals surface area contributed by atoms with E-state index in [0.717, 1.165) is 33.5 Å². The molecule has 3 aromatic rings. The van der Waals surface area contributed by atoms with Crippen LogP contribution < -0.4 is 10.5 Å². The molecule has 0 aliphatic carbocycles. The fraction of sp³-hybridized carbons (Fsp3) is 0.312. The third-order valence-electron chi connectivity index (χ3n) is 3.48. The monoisotopic (exact) mass is 301 g/mol. The summed E-state index contributed by atoms with van der Waals surface area (Å²) in [5.74, 6) is 1.55. The molecule has 0 saturated carbocycles. The Balaban J connectivity index is 2.22. The van der Waals surface area contributed by atoms with Crippen molar-refractivity contribution in [3.63, 3.8) is 0 Å². The summed E-state index contributed by atoms with van der Waals surface area (Å²) in [6, 6.07) is 7.98. The lowest BCUT2D eigenvalue weighted by molar-refractivity contribution is 0.415. The highest BCUT2D eigenvalue weighted by Crippen LogP contribution is 2.35. The standard InChI is InChI=1S/C16H19N3OS/c1-16(2,3)13-14(17)19-12(9-21-15(19)18-13)10-6-5-7-11(8-10)20-4/h5-9H,17H2,1-4H3. The van der Waals surface area contributed by atoms with Crippen LogP contribution in [0.3, 0.4) is 0 Å². The molecule has 5 heteroatoms. The number of nitrogen functional groups attached to an aromatic ring is 1. The number of hydrogen-bond acceptors (Lipinski definition) is 4. The van der Waals surface area contributed by atoms with Crippen LogP contribution in [0.2, 0.25) is 0 Å². The maximum absolute atomic E-state index is 6.35. The van der Waals surface area contributed by atoms with E-state index in [4.69, 9.17) is 15.5 Å². The lowest BCUT2D eigenvalue weighted by atomic mass is 9.92. The summed E-state index contributed by atoms with van der Waals surface area (Å²) in [6.45, 7) is 6.38. The van der Waals surface area contributed by atoms with Crippen molar-refractivity contribution in [3.05, 3.63) is 35.3 Å². The van der Waals surface area contributed by atoms with Crippen molar-refractivity contribution >= 4 is 22.1 Å². The van der Waals surface area contributed by atoms with Gasteiger partial charge in [-0.15, -0.1) is 11.3 Å². The number of fused-ring (bicyclic) bond motifs is 1. The van der Waals surface area contributed by atoms with Crippen molar-refractivity contribution in [2.45, 2.75) is 26.2 Å². The molecule has 0 saturated heterocycles. The summed E-state index contributed by atoms with van der Waals surface area (Å²) in [5, 5.41) is 2.08. The molecular weight excluding hydrogens is 282 g/mol. The molecule has 2 heterocycles. The number of anilines is 1. The van der Waals surface area contributed by atoms with E-state index in [1.807, 2.05) is 22.6 Å². The van der Waals surface area contributed by atoms with Gasteiger partial charge in [0.1, 0.15) is 11.6 Å². The molecular formula is C16H19N3OS. The number of imidazole rings is 1. The molecule has 0 bridgehead atoms. The van der Waals surface area contributed by atoms with E-state index in [0.29, 0.717) is 0 Å². The van der Waals surface area contributed by atoms with Gasteiger partial charge < -0.3 is 10.5 Å². The molecule has 0 unspecified atom stereocenters. The van der Waals surface area contributed by atoms with E-state index in [2.05, 4.69) is 32.2 Å². The van der Waals surface area contributed by atoms with Crippen molar-refractivity contribution in [1.29, 1.82) is 0 Å². The smallest absolute Gasteiger partial charge is 0.196 e. The Hall–Kier alpha value is -2.01. The highest BCUT2D eigenvalue weighted by molar-refractivity contribution is 7.15. The van der Waals surface area contributed by atoms with Crippen LogP contribution in [-0.2, 0) is 5.41 Å². The summed E-state index contributed by atoms with van der Waals surface area (Å²) in [7, 11) is 1.67. The normalized spacial score (nSPS) is 12.0. The first kappa shape index (κ1) is 13.9. The van der Waals surface area contributed by atoms with Crippen molar-refractivity contribution in [1.82, 2.24) is 9.38 Å². The first-order valence-electron chi connectivity index (χ1n) is 6.82. The van der Waals surface area contributed by atoms with Gasteiger partial charge in [0.2, 0.25) is 0 Å². The van der Waals surface area contributed by atoms with Crippen LogP contribution in [0, 0.1) is 0 Å². The van der Waals surface area contributed by atoms with Crippen LogP contribution in [-0.4, -0.2) is 16.5 Å². The minimum Gasteiger partial charge on any atom is -0.497 e. The van der Waals surface area contributed by atoms with Crippen molar-refractivity contribution in [2.75, 3.05) is 12.8 Å². The van der Waals surface area contributed by atoms with Gasteiger partial charge in [0.05, 0.1) is 18.5 Å². The minimum absolute atomic E-state index is 0.0680. The average Bonchev–Trinajstić information content (AvgIpc) is 2.99. The summed E-state index contributed by atoms with van der Waals surface area (Å²) in [5.41, 5.74) is 9.35. The van der Waals surface area contributed by atoms with E-state index in [9.17, 15) is 0 Å². The number of rotatable bonds is 2. The Labute approximate surface area is 128 Å². The van der Waals surface area contributed by atoms with Gasteiger partial charge in [-0.25, -0.2) is 4.98 Å². The predicted octanol–water partition coefficient (Wildman–Crippen LogP) is 3.95. The third kappa shape index (κ3) is 2.27. The van der Waals surface area contributed by atoms with Gasteiger partial charge in [0, 0.05) is 16.4 Å². The molecule has 4 nitrogen and oxygen atoms in total. The number of methoxy groups -OCH3 is 1. The van der Waals surface area contributed by atoms with Gasteiger partial charge in [-0.2, -0.15) is 0 Å². The molecule has 2 aromatic heterocycles. The van der Waals surface area contributed by atoms with E-state index in [1.165, 1.54) is 0 Å². The van der Waals surface area contributed by atoms with Crippen molar-refractivity contribution < 1.29 is 4.74 Å². The first-order chi connectivity index (χ1) is 9.91. The van der Waals surface area contributed by atoms with Crippen LogP contribution in [0.15, 0.2) is 29.6 Å². The first-order valence-corrected chi connectivity index (χ1v) is 7.70. The summed E-state index contributed by atoms with van der Waals surface area (Å²) >= 11 is 1.60. The zero-order chi connectivity index (χ0) is 15.2. The topological polar surface area (TPSA) is 52.5 Å². The number of nitrogens with two attached hydrogens (primary N) is 1. The molecule has 3 rings (SSSR count). The average molecular weight is 301 g/mol. The van der Waals surface area contributed by atoms with Crippen molar-refractivity contribution in [3.8, 4) is 17.0 Å². The molecule has 0 fully saturated rings. The number of thiazole rings is 1. The molecule has 2 N–H and O–H groups in total. The Morgan fingerprint density at radius 2 is 2.05 bits per heavy atom. The molecule has 110 valence electrons. The third-order valence-corrected chi connectivity index (χ3v) is 4.30. The summed E-state index contributed by atoms with van der Waals surface area (Å²) in [6.07, 6.45) is 0. The van der Waals surface area contributed by atoms with Crippen LogP contribution >= 0.6 is 11.3 Å². The SMILES string of the molecule is COc1cccc(-c2csc3nc(C(C)(C)C)c(N)n23)c1. The molecule has 0 atom stereocenters. The predicted molar refractivity (Wildman–Crippen MR) is 88.2 cm³/mol. The second-order valence-electron chi connectivity index (χ2n) is 6.07. The van der Waals surface area contributed by atoms with E-state index in [-0.39, 0.29) is 5.41 Å². The van der Waals surface area contributed by atoms with Gasteiger partial charge in [0.25, 0.3) is 0 Å². The van der Waals surface area contributed by atoms with Gasteiger partial charge in [-0.1, -0.05) is 32.9 Å². The van der Waals surface area contributed by atoms with E-state index in [1.54, 1.807) is 18.4 Å². The molecule has 0 aliphatic rings. The van der Waals surface area contributed by atoms with Crippen LogP contribution in [0.1, 0.15) is 26.5 Å². The Morgan fingerprint density at radius 1 is 1.29 bits per heavy atom. The van der Waals surface area contributed by atoms with Gasteiger partial charge in [-0.3, -0.25) is 4.40 Å². The summed E-state index contributed by atoms with van der Waals surface area (Å²) < 4.78 is 7.33. The highest BCUT2D eigenvalue weighted by Gasteiger charge is 2.24. The Morgan fingerprint density at radius 3 is 2.71 bits per heavy atom. The van der Waals surface area contributed by atoms with E-state index < -0.39 is 0 Å². The minimum atomic E-state index is -0.0680. The largest absolute Gasteiger partial charge is 0.497 e. The number of benzene rings is 1. The molecule has 0 radical (unpaired) electrons. The molecule has 0 spiro atoms. The zero-order valence-electron chi connectivity index (χ0n) is 12.7. The van der Waals surface area contributed by atoms with Crippen molar-refractivity contribution in [2.24, 2.45) is 0 Å². The lowest BCUT2D eigenvalue weighted by Gasteiger charge is -2.16. The second-order valence-corrected chi connectivity index (χ2v) is 6.90. The maximum atomic E-state index is 6.35. The molecule has 0 aliphatic heterocycles. The lowest BCUT2D eigenvalue weighted by Crippen LogP contribution is -2.14. The molecule has 0 amide bonds. The quantitative estimate of drug-likeness (QED) is 0.779. The second kappa shape index (κ2) is 4.77. The van der Waals surface area contributed by atoms with Gasteiger partial charge >= 0.3 is 0 Å². The number of hydrogen-bond donors (Lipinski definition) is 1. The summed E-state index contributed by atoms with van der Waals surface area (Å²) in [4.78, 5) is 5.62. The fourth-order valence-electron chi connectivity index (χ4n) is 2.42. The highest BCUT2D eigenvalue weighted by atomic mass is 32.1. The van der Waals surface area contributed by atoms with Crippen LogP contribution in [0.25, 0.3) is 16.2 Å². The van der Waals surface area contributed by atoms with Gasteiger partial charge in [-0.05, 0) is 12.1 Å². The van der Waals surface area contributed by atoms with E-state index >= 15 is 0 Å². The van der Waals surface area contributed by atoms with Gasteiger partial charge in [0.15, 0.2) is 4.96 Å². The molecule has 21 heavy (non-hydrogen) atoms. The number of nitrogens with zero attached hydrogens (tertiary/aromatic N) is 2. The maximum Gasteiger partial charge on any atom is 0.196 e. The number of ether oxygens (including phenoxy) is 1. The van der Waals surface area contributed by atoms with Crippen LogP contribution in [0.4, 0.5) is 5.82 Å². The zero-order valence-corrected chi connectivity index (χ0v) is 13.5. The Bertz CT molecular complexity index is 796. The number of aromatic nitrogens is 2.